The first-order valence-electron chi connectivity index (χ1n) is 9.11. The molecule has 1 aliphatic rings. The van der Waals surface area contributed by atoms with E-state index in [2.05, 4.69) is 0 Å². The molecule has 2 unspecified atom stereocenters. The Labute approximate surface area is 163 Å². The first-order chi connectivity index (χ1) is 12.9. The van der Waals surface area contributed by atoms with Crippen molar-refractivity contribution < 1.29 is 19.4 Å². The fraction of sp³-hybridized carbons (Fsp3) is 0.381. The van der Waals surface area contributed by atoms with Gasteiger partial charge in [-0.3, -0.25) is 9.69 Å². The normalized spacial score (nSPS) is 20.2. The van der Waals surface area contributed by atoms with E-state index in [1.54, 1.807) is 36.4 Å². The number of hydrogen-bond acceptors (Lipinski definition) is 3. The van der Waals surface area contributed by atoms with Crippen LogP contribution in [-0.2, 0) is 10.4 Å². The first kappa shape index (κ1) is 19.8. The third-order valence-electron chi connectivity index (χ3n) is 5.30. The zero-order valence-corrected chi connectivity index (χ0v) is 15.7. The van der Waals surface area contributed by atoms with Crippen LogP contribution in [0.25, 0.3) is 0 Å². The van der Waals surface area contributed by atoms with E-state index in [0.29, 0.717) is 42.1 Å². The number of carboxylic acids is 1. The molecule has 1 saturated heterocycles. The quantitative estimate of drug-likeness (QED) is 0.780. The summed E-state index contributed by atoms with van der Waals surface area (Å²) in [6.45, 7) is 1.12. The van der Waals surface area contributed by atoms with E-state index in [1.807, 2.05) is 4.90 Å². The van der Waals surface area contributed by atoms with Crippen LogP contribution in [0.15, 0.2) is 48.5 Å². The van der Waals surface area contributed by atoms with E-state index in [0.717, 1.165) is 12.8 Å². The average Bonchev–Trinajstić information content (AvgIpc) is 2.67. The highest BCUT2D eigenvalue weighted by Crippen LogP contribution is 2.35. The van der Waals surface area contributed by atoms with Crippen LogP contribution >= 0.6 is 11.6 Å². The van der Waals surface area contributed by atoms with Gasteiger partial charge in [0.15, 0.2) is 0 Å². The highest BCUT2D eigenvalue weighted by Gasteiger charge is 2.35. The van der Waals surface area contributed by atoms with Gasteiger partial charge in [-0.25, -0.2) is 4.39 Å². The van der Waals surface area contributed by atoms with Crippen LogP contribution in [0.2, 0.25) is 5.02 Å². The average molecular weight is 392 g/mol. The van der Waals surface area contributed by atoms with Gasteiger partial charge < -0.3 is 10.2 Å². The SMILES string of the molecule is O=C(O)C1CCCCN1CCC(O)(c1ccc(F)cc1)c1ccc(Cl)cc1. The molecule has 0 bridgehead atoms. The summed E-state index contributed by atoms with van der Waals surface area (Å²) < 4.78 is 13.4. The third-order valence-corrected chi connectivity index (χ3v) is 5.56. The molecule has 2 atom stereocenters. The van der Waals surface area contributed by atoms with E-state index >= 15 is 0 Å². The lowest BCUT2D eigenvalue weighted by molar-refractivity contribution is -0.144. The van der Waals surface area contributed by atoms with Crippen molar-refractivity contribution in [2.24, 2.45) is 0 Å². The molecule has 6 heteroatoms. The summed E-state index contributed by atoms with van der Waals surface area (Å²) in [5.41, 5.74) is -0.156. The topological polar surface area (TPSA) is 60.8 Å². The highest BCUT2D eigenvalue weighted by molar-refractivity contribution is 6.30. The van der Waals surface area contributed by atoms with Gasteiger partial charge in [-0.2, -0.15) is 0 Å². The molecule has 0 aliphatic carbocycles. The first-order valence-corrected chi connectivity index (χ1v) is 9.49. The smallest absolute Gasteiger partial charge is 0.320 e. The Morgan fingerprint density at radius 3 is 2.30 bits per heavy atom. The molecular weight excluding hydrogens is 369 g/mol. The molecule has 1 aliphatic heterocycles. The second-order valence-electron chi connectivity index (χ2n) is 7.01. The monoisotopic (exact) mass is 391 g/mol. The number of aliphatic hydroxyl groups is 1. The summed E-state index contributed by atoms with van der Waals surface area (Å²) in [7, 11) is 0. The molecule has 1 heterocycles. The van der Waals surface area contributed by atoms with Crippen LogP contribution in [0.4, 0.5) is 4.39 Å². The molecule has 0 spiro atoms. The second-order valence-corrected chi connectivity index (χ2v) is 7.45. The fourth-order valence-corrected chi connectivity index (χ4v) is 3.88. The van der Waals surface area contributed by atoms with Gasteiger partial charge in [-0.05, 0) is 61.2 Å². The van der Waals surface area contributed by atoms with Crippen molar-refractivity contribution in [3.63, 3.8) is 0 Å². The number of carbonyl (C=O) groups is 1. The van der Waals surface area contributed by atoms with E-state index < -0.39 is 17.6 Å². The maximum absolute atomic E-state index is 13.4. The van der Waals surface area contributed by atoms with E-state index in [-0.39, 0.29) is 5.82 Å². The minimum Gasteiger partial charge on any atom is -0.480 e. The Kier molecular flexibility index (Phi) is 6.15. The number of carboxylic acid groups (broad SMARTS) is 1. The molecule has 2 aromatic carbocycles. The molecule has 1 fully saturated rings. The highest BCUT2D eigenvalue weighted by atomic mass is 35.5. The van der Waals surface area contributed by atoms with Gasteiger partial charge in [0.05, 0.1) is 0 Å². The molecule has 2 aromatic rings. The summed E-state index contributed by atoms with van der Waals surface area (Å²) in [6.07, 6.45) is 2.75. The minimum atomic E-state index is -1.36. The number of halogens is 2. The Hall–Kier alpha value is -1.95. The predicted molar refractivity (Wildman–Crippen MR) is 102 cm³/mol. The minimum absolute atomic E-state index is 0.296. The van der Waals surface area contributed by atoms with Crippen LogP contribution < -0.4 is 0 Å². The molecule has 144 valence electrons. The molecule has 2 N–H and O–H groups in total. The van der Waals surface area contributed by atoms with Gasteiger partial charge >= 0.3 is 5.97 Å². The number of piperidine rings is 1. The Morgan fingerprint density at radius 1 is 1.11 bits per heavy atom. The largest absolute Gasteiger partial charge is 0.480 e. The van der Waals surface area contributed by atoms with Crippen molar-refractivity contribution in [2.45, 2.75) is 37.3 Å². The van der Waals surface area contributed by atoms with Gasteiger partial charge in [0.2, 0.25) is 0 Å². The number of rotatable bonds is 6. The molecule has 0 radical (unpaired) electrons. The van der Waals surface area contributed by atoms with E-state index in [1.165, 1.54) is 12.1 Å². The van der Waals surface area contributed by atoms with Crippen molar-refractivity contribution in [1.82, 2.24) is 4.90 Å². The molecule has 0 saturated carbocycles. The maximum Gasteiger partial charge on any atom is 0.320 e. The van der Waals surface area contributed by atoms with Crippen molar-refractivity contribution >= 4 is 17.6 Å². The van der Waals surface area contributed by atoms with E-state index in [4.69, 9.17) is 11.6 Å². The second kappa shape index (κ2) is 8.38. The van der Waals surface area contributed by atoms with Gasteiger partial charge in [0.25, 0.3) is 0 Å². The maximum atomic E-state index is 13.4. The van der Waals surface area contributed by atoms with Gasteiger partial charge in [-0.1, -0.05) is 42.3 Å². The predicted octanol–water partition coefficient (Wildman–Crippen LogP) is 4.04. The van der Waals surface area contributed by atoms with Gasteiger partial charge in [-0.15, -0.1) is 0 Å². The van der Waals surface area contributed by atoms with Crippen molar-refractivity contribution in [3.8, 4) is 0 Å². The zero-order chi connectivity index (χ0) is 19.4. The fourth-order valence-electron chi connectivity index (χ4n) is 3.75. The summed E-state index contributed by atoms with van der Waals surface area (Å²) in [6, 6.07) is 12.1. The van der Waals surface area contributed by atoms with Crippen molar-refractivity contribution in [1.29, 1.82) is 0 Å². The van der Waals surface area contributed by atoms with Crippen LogP contribution in [0.3, 0.4) is 0 Å². The molecular formula is C21H23ClFNO3. The number of likely N-dealkylation sites (tertiary alicyclic amines) is 1. The molecule has 4 nitrogen and oxygen atoms in total. The third kappa shape index (κ3) is 4.49. The summed E-state index contributed by atoms with van der Waals surface area (Å²) in [5.74, 6) is -1.20. The van der Waals surface area contributed by atoms with Crippen LogP contribution in [-0.4, -0.2) is 40.2 Å². The lowest BCUT2D eigenvalue weighted by Gasteiger charge is -2.36. The molecule has 0 amide bonds. The summed E-state index contributed by atoms with van der Waals surface area (Å²) in [5, 5.41) is 21.6. The lowest BCUT2D eigenvalue weighted by atomic mass is 9.83. The van der Waals surface area contributed by atoms with Crippen LogP contribution in [0, 0.1) is 5.82 Å². The van der Waals surface area contributed by atoms with Crippen molar-refractivity contribution in [3.05, 3.63) is 70.5 Å². The number of benzene rings is 2. The number of hydrogen-bond donors (Lipinski definition) is 2. The number of nitrogens with zero attached hydrogens (tertiary/aromatic N) is 1. The van der Waals surface area contributed by atoms with Crippen LogP contribution in [0.1, 0.15) is 36.8 Å². The standard InChI is InChI=1S/C21H23ClFNO3/c22-17-8-4-15(5-9-17)21(27,16-6-10-18(23)11-7-16)12-14-24-13-2-1-3-19(24)20(25)26/h4-11,19,27H,1-3,12-14H2,(H,25,26). The Bertz CT molecular complexity index is 734. The van der Waals surface area contributed by atoms with Crippen LogP contribution in [0.5, 0.6) is 0 Å². The van der Waals surface area contributed by atoms with Gasteiger partial charge in [0, 0.05) is 11.6 Å². The number of aliphatic carboxylic acids is 1. The van der Waals surface area contributed by atoms with Gasteiger partial charge in [0.1, 0.15) is 17.5 Å². The zero-order valence-electron chi connectivity index (χ0n) is 14.9. The summed E-state index contributed by atoms with van der Waals surface area (Å²) >= 11 is 5.98. The van der Waals surface area contributed by atoms with Crippen molar-refractivity contribution in [2.75, 3.05) is 13.1 Å². The lowest BCUT2D eigenvalue weighted by Crippen LogP contribution is -2.46. The molecule has 3 rings (SSSR count). The molecule has 27 heavy (non-hydrogen) atoms. The Morgan fingerprint density at radius 2 is 1.70 bits per heavy atom. The molecule has 0 aromatic heterocycles. The Balaban J connectivity index is 1.89. The van der Waals surface area contributed by atoms with E-state index in [9.17, 15) is 19.4 Å². The summed E-state index contributed by atoms with van der Waals surface area (Å²) in [4.78, 5) is 13.5.